The van der Waals surface area contributed by atoms with Crippen LogP contribution in [0.15, 0.2) is 23.3 Å². The first-order chi connectivity index (χ1) is 6.19. The predicted octanol–water partition coefficient (Wildman–Crippen LogP) is 1.51. The van der Waals surface area contributed by atoms with E-state index in [-0.39, 0.29) is 0 Å². The number of nitrogens with zero attached hydrogens (tertiary/aromatic N) is 4. The lowest BCUT2D eigenvalue weighted by Gasteiger charge is -2.12. The summed E-state index contributed by atoms with van der Waals surface area (Å²) in [6, 6.07) is 7.03. The summed E-state index contributed by atoms with van der Waals surface area (Å²) in [6.45, 7) is 0. The van der Waals surface area contributed by atoms with Gasteiger partial charge in [0.1, 0.15) is 11.8 Å². The van der Waals surface area contributed by atoms with Crippen LogP contribution in [-0.2, 0) is 0 Å². The second-order valence-corrected chi connectivity index (χ2v) is 2.81. The van der Waals surface area contributed by atoms with Gasteiger partial charge < -0.3 is 4.90 Å². The average Bonchev–Trinajstić information content (AvgIpc) is 2.16. The fourth-order valence-corrected chi connectivity index (χ4v) is 0.979. The number of hydrogen-bond acceptors (Lipinski definition) is 3. The molecule has 0 N–H and O–H groups in total. The van der Waals surface area contributed by atoms with E-state index in [1.165, 1.54) is 0 Å². The minimum absolute atomic E-state index is 0.299. The van der Waals surface area contributed by atoms with Crippen LogP contribution in [-0.4, -0.2) is 14.1 Å². The Hall–Kier alpha value is -1.89. The summed E-state index contributed by atoms with van der Waals surface area (Å²) in [7, 11) is 3.76. The number of nitriles is 1. The van der Waals surface area contributed by atoms with Crippen molar-refractivity contribution in [3.63, 3.8) is 0 Å². The molecule has 0 saturated heterocycles. The van der Waals surface area contributed by atoms with Crippen molar-refractivity contribution in [3.05, 3.63) is 23.8 Å². The van der Waals surface area contributed by atoms with E-state index in [0.717, 1.165) is 5.69 Å². The highest BCUT2D eigenvalue weighted by molar-refractivity contribution is 5.61. The van der Waals surface area contributed by atoms with Crippen LogP contribution in [0.3, 0.4) is 0 Å². The zero-order valence-electron chi connectivity index (χ0n) is 7.52. The van der Waals surface area contributed by atoms with Crippen LogP contribution in [0.2, 0.25) is 0 Å². The van der Waals surface area contributed by atoms with Crippen molar-refractivity contribution in [2.75, 3.05) is 19.0 Å². The molecule has 0 aliphatic rings. The molecular weight excluding hydrogens is 164 g/mol. The molecule has 65 valence electrons. The summed E-state index contributed by atoms with van der Waals surface area (Å²) in [6.07, 6.45) is 0. The van der Waals surface area contributed by atoms with Gasteiger partial charge in [0.15, 0.2) is 0 Å². The van der Waals surface area contributed by atoms with E-state index >= 15 is 0 Å². The molecule has 0 heterocycles. The molecule has 0 amide bonds. The van der Waals surface area contributed by atoms with Gasteiger partial charge in [0.2, 0.25) is 0 Å². The van der Waals surface area contributed by atoms with E-state index in [4.69, 9.17) is 10.8 Å². The molecule has 0 saturated carbocycles. The van der Waals surface area contributed by atoms with Crippen molar-refractivity contribution >= 4 is 11.4 Å². The molecule has 4 heteroatoms. The normalized spacial score (nSPS) is 9.00. The van der Waals surface area contributed by atoms with E-state index in [1.54, 1.807) is 18.2 Å². The molecule has 13 heavy (non-hydrogen) atoms. The summed E-state index contributed by atoms with van der Waals surface area (Å²) in [5.41, 5.74) is 10.1. The molecule has 4 nitrogen and oxygen atoms in total. The molecule has 0 aliphatic carbocycles. The van der Waals surface area contributed by atoms with Crippen LogP contribution in [0.4, 0.5) is 11.4 Å². The summed E-state index contributed by atoms with van der Waals surface area (Å²) < 4.78 is 0. The molecule has 0 atom stereocenters. The second-order valence-electron chi connectivity index (χ2n) is 2.81. The first-order valence-corrected chi connectivity index (χ1v) is 3.75. The monoisotopic (exact) mass is 173 g/mol. The lowest BCUT2D eigenvalue weighted by atomic mass is 10.1. The van der Waals surface area contributed by atoms with Gasteiger partial charge >= 0.3 is 0 Å². The molecule has 1 rings (SSSR count). The van der Waals surface area contributed by atoms with E-state index in [0.29, 0.717) is 11.3 Å². The van der Waals surface area contributed by atoms with Crippen LogP contribution in [0, 0.1) is 11.3 Å². The van der Waals surface area contributed by atoms with Crippen molar-refractivity contribution in [3.8, 4) is 6.07 Å². The summed E-state index contributed by atoms with van der Waals surface area (Å²) in [5, 5.41) is 11.7. The Bertz CT molecular complexity index is 362. The molecule has 0 spiro atoms. The van der Waals surface area contributed by atoms with Crippen LogP contribution in [0.25, 0.3) is 0 Å². The van der Waals surface area contributed by atoms with Crippen LogP contribution in [0.1, 0.15) is 5.56 Å². The van der Waals surface area contributed by atoms with E-state index < -0.39 is 0 Å². The zero-order chi connectivity index (χ0) is 9.84. The molecule has 1 aromatic rings. The Kier molecular flexibility index (Phi) is 2.60. The molecule has 1 radical (unpaired) electrons. The molecule has 0 unspecified atom stereocenters. The standard InChI is InChI=1S/C9H9N4/c1-13(2)8-3-4-9(12-11)7(5-8)6-10/h3-5H,1-2H3. The van der Waals surface area contributed by atoms with Crippen molar-refractivity contribution < 1.29 is 0 Å². The van der Waals surface area contributed by atoms with Gasteiger partial charge in [-0.05, 0) is 23.7 Å². The predicted molar refractivity (Wildman–Crippen MR) is 49.7 cm³/mol. The van der Waals surface area contributed by atoms with Crippen molar-refractivity contribution in [1.29, 1.82) is 5.26 Å². The minimum atomic E-state index is 0.299. The molecule has 1 aromatic carbocycles. The number of rotatable bonds is 2. The third-order valence-electron chi connectivity index (χ3n) is 1.72. The Morgan fingerprint density at radius 1 is 1.38 bits per heavy atom. The number of anilines is 1. The lowest BCUT2D eigenvalue weighted by Crippen LogP contribution is -2.08. The molecular formula is C9H9N4. The maximum Gasteiger partial charge on any atom is 0.105 e. The largest absolute Gasteiger partial charge is 0.378 e. The quantitative estimate of drug-likeness (QED) is 0.636. The smallest absolute Gasteiger partial charge is 0.105 e. The Morgan fingerprint density at radius 2 is 2.08 bits per heavy atom. The molecule has 0 fully saturated rings. The Labute approximate surface area is 76.9 Å². The lowest BCUT2D eigenvalue weighted by molar-refractivity contribution is 1.13. The van der Waals surface area contributed by atoms with Crippen LogP contribution >= 0.6 is 0 Å². The van der Waals surface area contributed by atoms with Gasteiger partial charge in [-0.2, -0.15) is 5.26 Å². The Balaban J connectivity index is 3.23. The summed E-state index contributed by atoms with van der Waals surface area (Å²) in [5.74, 6) is 0. The van der Waals surface area contributed by atoms with Crippen molar-refractivity contribution in [2.24, 2.45) is 5.11 Å². The van der Waals surface area contributed by atoms with Gasteiger partial charge in [0, 0.05) is 19.8 Å². The average molecular weight is 173 g/mol. The van der Waals surface area contributed by atoms with E-state index in [9.17, 15) is 0 Å². The highest BCUT2D eigenvalue weighted by atomic mass is 15.1. The van der Waals surface area contributed by atoms with Gasteiger partial charge in [-0.25, -0.2) is 0 Å². The van der Waals surface area contributed by atoms with Gasteiger partial charge in [-0.3, -0.25) is 0 Å². The first kappa shape index (κ1) is 9.20. The number of benzene rings is 1. The topological polar surface area (TPSA) is 61.7 Å². The highest BCUT2D eigenvalue weighted by Gasteiger charge is 2.03. The van der Waals surface area contributed by atoms with Gasteiger partial charge in [-0.1, -0.05) is 0 Å². The van der Waals surface area contributed by atoms with E-state index in [2.05, 4.69) is 5.11 Å². The summed E-state index contributed by atoms with van der Waals surface area (Å²) >= 11 is 0. The Morgan fingerprint density at radius 3 is 2.54 bits per heavy atom. The molecule has 0 aliphatic heterocycles. The molecule has 0 aromatic heterocycles. The van der Waals surface area contributed by atoms with Gasteiger partial charge in [-0.15, -0.1) is 5.11 Å². The van der Waals surface area contributed by atoms with Gasteiger partial charge in [0.25, 0.3) is 0 Å². The van der Waals surface area contributed by atoms with Crippen molar-refractivity contribution in [1.82, 2.24) is 5.53 Å². The van der Waals surface area contributed by atoms with Crippen LogP contribution in [0.5, 0.6) is 0 Å². The van der Waals surface area contributed by atoms with Crippen molar-refractivity contribution in [2.45, 2.75) is 0 Å². The van der Waals surface area contributed by atoms with Gasteiger partial charge in [0.05, 0.1) is 5.56 Å². The minimum Gasteiger partial charge on any atom is -0.378 e. The third kappa shape index (κ3) is 1.82. The maximum absolute atomic E-state index is 8.72. The SMILES string of the molecule is CN(C)c1ccc(N=[N])c(C#N)c1. The fourth-order valence-electron chi connectivity index (χ4n) is 0.979. The second kappa shape index (κ2) is 3.68. The van der Waals surface area contributed by atoms with E-state index in [1.807, 2.05) is 25.1 Å². The highest BCUT2D eigenvalue weighted by Crippen LogP contribution is 2.22. The number of hydrogen-bond donors (Lipinski definition) is 0. The summed E-state index contributed by atoms with van der Waals surface area (Å²) in [4.78, 5) is 1.88. The van der Waals surface area contributed by atoms with Crippen LogP contribution < -0.4 is 10.4 Å². The first-order valence-electron chi connectivity index (χ1n) is 3.75. The molecule has 0 bridgehead atoms. The maximum atomic E-state index is 8.72. The third-order valence-corrected chi connectivity index (χ3v) is 1.72. The fraction of sp³-hybridized carbons (Fsp3) is 0.222. The zero-order valence-corrected chi connectivity index (χ0v) is 7.52.